The highest BCUT2D eigenvalue weighted by molar-refractivity contribution is 5.79. The molecule has 0 aliphatic rings. The van der Waals surface area contributed by atoms with Gasteiger partial charge in [-0.1, -0.05) is 17.3 Å². The molecular weight excluding hydrogens is 318 g/mol. The monoisotopic (exact) mass is 339 g/mol. The van der Waals surface area contributed by atoms with Crippen LogP contribution in [0.25, 0.3) is 5.69 Å². The molecule has 2 heterocycles. The molecule has 0 atom stereocenters. The van der Waals surface area contributed by atoms with E-state index < -0.39 is 0 Å². The zero-order valence-corrected chi connectivity index (χ0v) is 14.3. The summed E-state index contributed by atoms with van der Waals surface area (Å²) in [5, 5.41) is 14.5. The van der Waals surface area contributed by atoms with E-state index in [2.05, 4.69) is 55.1 Å². The van der Waals surface area contributed by atoms with Gasteiger partial charge in [-0.25, -0.2) is 4.68 Å². The second kappa shape index (κ2) is 8.09. The Morgan fingerprint density at radius 3 is 2.72 bits per heavy atom. The average molecular weight is 339 g/mol. The second-order valence-corrected chi connectivity index (χ2v) is 5.45. The predicted octanol–water partition coefficient (Wildman–Crippen LogP) is 1.47. The van der Waals surface area contributed by atoms with E-state index in [1.807, 2.05) is 16.9 Å². The summed E-state index contributed by atoms with van der Waals surface area (Å²) in [4.78, 5) is 8.33. The summed E-state index contributed by atoms with van der Waals surface area (Å²) in [7, 11) is 1.73. The van der Waals surface area contributed by atoms with Crippen LogP contribution in [0.2, 0.25) is 0 Å². The second-order valence-electron chi connectivity index (χ2n) is 5.45. The molecular formula is C17H21N7O. The van der Waals surface area contributed by atoms with Crippen molar-refractivity contribution in [2.75, 3.05) is 13.6 Å². The first kappa shape index (κ1) is 16.7. The number of benzene rings is 1. The Balaban J connectivity index is 1.44. The van der Waals surface area contributed by atoms with E-state index in [9.17, 15) is 0 Å². The number of nitrogens with one attached hydrogen (secondary N) is 2. The van der Waals surface area contributed by atoms with Crippen molar-refractivity contribution >= 4 is 5.96 Å². The molecule has 0 bridgehead atoms. The lowest BCUT2D eigenvalue weighted by molar-refractivity contribution is 0.387. The lowest BCUT2D eigenvalue weighted by Crippen LogP contribution is -2.38. The summed E-state index contributed by atoms with van der Waals surface area (Å²) in [5.74, 6) is 1.86. The van der Waals surface area contributed by atoms with Crippen molar-refractivity contribution in [1.29, 1.82) is 0 Å². The maximum absolute atomic E-state index is 4.94. The topological polar surface area (TPSA) is 93.2 Å². The SMILES string of the molecule is CN=C(NCCc1ccc(-n2cccn2)cc1)NCc1noc(C)n1. The molecule has 0 radical (unpaired) electrons. The van der Waals surface area contributed by atoms with Gasteiger partial charge < -0.3 is 15.2 Å². The standard InChI is InChI=1S/C17H21N7O/c1-13-22-16(23-25-13)12-20-17(18-2)19-10-8-14-4-6-15(7-5-14)24-11-3-9-21-24/h3-7,9,11H,8,10,12H2,1-2H3,(H2,18,19,20). The Kier molecular flexibility index (Phi) is 5.40. The minimum atomic E-state index is 0.468. The number of nitrogens with zero attached hydrogens (tertiary/aromatic N) is 5. The van der Waals surface area contributed by atoms with Gasteiger partial charge >= 0.3 is 0 Å². The van der Waals surface area contributed by atoms with Crippen LogP contribution in [-0.4, -0.2) is 39.5 Å². The van der Waals surface area contributed by atoms with E-state index in [-0.39, 0.29) is 0 Å². The summed E-state index contributed by atoms with van der Waals surface area (Å²) in [6.07, 6.45) is 4.59. The predicted molar refractivity (Wildman–Crippen MR) is 94.5 cm³/mol. The van der Waals surface area contributed by atoms with E-state index in [0.29, 0.717) is 24.2 Å². The number of rotatable bonds is 6. The number of aryl methyl sites for hydroxylation is 1. The molecule has 0 aliphatic heterocycles. The van der Waals surface area contributed by atoms with Crippen molar-refractivity contribution in [1.82, 2.24) is 30.6 Å². The van der Waals surface area contributed by atoms with E-state index in [0.717, 1.165) is 18.7 Å². The Bertz CT molecular complexity index is 806. The molecule has 8 heteroatoms. The summed E-state index contributed by atoms with van der Waals surface area (Å²) in [6, 6.07) is 10.3. The lowest BCUT2D eigenvalue weighted by atomic mass is 10.1. The average Bonchev–Trinajstić information content (AvgIpc) is 3.30. The quantitative estimate of drug-likeness (QED) is 0.522. The number of aliphatic imine (C=N–C) groups is 1. The van der Waals surface area contributed by atoms with Crippen LogP contribution >= 0.6 is 0 Å². The molecule has 25 heavy (non-hydrogen) atoms. The first-order valence-electron chi connectivity index (χ1n) is 8.07. The van der Waals surface area contributed by atoms with Gasteiger partial charge in [-0.3, -0.25) is 4.99 Å². The molecule has 0 unspecified atom stereocenters. The van der Waals surface area contributed by atoms with E-state index in [1.165, 1.54) is 5.56 Å². The van der Waals surface area contributed by atoms with Crippen LogP contribution in [0.4, 0.5) is 0 Å². The minimum absolute atomic E-state index is 0.468. The summed E-state index contributed by atoms with van der Waals surface area (Å²) in [6.45, 7) is 3.00. The number of hydrogen-bond acceptors (Lipinski definition) is 5. The molecule has 0 saturated carbocycles. The third-order valence-corrected chi connectivity index (χ3v) is 3.62. The van der Waals surface area contributed by atoms with Gasteiger partial charge in [-0.15, -0.1) is 0 Å². The minimum Gasteiger partial charge on any atom is -0.356 e. The molecule has 0 aliphatic carbocycles. The van der Waals surface area contributed by atoms with Gasteiger partial charge in [-0.05, 0) is 30.2 Å². The van der Waals surface area contributed by atoms with Crippen LogP contribution in [0.1, 0.15) is 17.3 Å². The number of hydrogen-bond donors (Lipinski definition) is 2. The molecule has 0 fully saturated rings. The Labute approximate surface area is 146 Å². The Morgan fingerprint density at radius 1 is 1.24 bits per heavy atom. The lowest BCUT2D eigenvalue weighted by Gasteiger charge is -2.10. The van der Waals surface area contributed by atoms with Crippen molar-refractivity contribution in [2.45, 2.75) is 19.9 Å². The van der Waals surface area contributed by atoms with Crippen LogP contribution in [-0.2, 0) is 13.0 Å². The van der Waals surface area contributed by atoms with Crippen LogP contribution in [0.5, 0.6) is 0 Å². The van der Waals surface area contributed by atoms with Gasteiger partial charge in [0.05, 0.1) is 12.2 Å². The molecule has 0 spiro atoms. The fourth-order valence-corrected chi connectivity index (χ4v) is 2.36. The summed E-state index contributed by atoms with van der Waals surface area (Å²) < 4.78 is 6.78. The summed E-state index contributed by atoms with van der Waals surface area (Å²) in [5.41, 5.74) is 2.29. The molecule has 3 aromatic rings. The molecule has 0 amide bonds. The third kappa shape index (κ3) is 4.66. The van der Waals surface area contributed by atoms with Crippen molar-refractivity contribution in [3.8, 4) is 5.69 Å². The van der Waals surface area contributed by atoms with E-state index >= 15 is 0 Å². The van der Waals surface area contributed by atoms with Gasteiger partial charge in [0.15, 0.2) is 11.8 Å². The Hall–Kier alpha value is -3.16. The highest BCUT2D eigenvalue weighted by Gasteiger charge is 2.04. The van der Waals surface area contributed by atoms with E-state index in [4.69, 9.17) is 4.52 Å². The molecule has 3 rings (SSSR count). The molecule has 1 aromatic carbocycles. The zero-order valence-electron chi connectivity index (χ0n) is 14.3. The molecule has 2 N–H and O–H groups in total. The molecule has 0 saturated heterocycles. The maximum atomic E-state index is 4.94. The van der Waals surface area contributed by atoms with Gasteiger partial charge in [0.2, 0.25) is 5.89 Å². The van der Waals surface area contributed by atoms with Crippen LogP contribution in [0, 0.1) is 6.92 Å². The number of aromatic nitrogens is 4. The fourth-order valence-electron chi connectivity index (χ4n) is 2.36. The van der Waals surface area contributed by atoms with Gasteiger partial charge in [0.1, 0.15) is 0 Å². The molecule has 8 nitrogen and oxygen atoms in total. The highest BCUT2D eigenvalue weighted by atomic mass is 16.5. The van der Waals surface area contributed by atoms with Crippen molar-refractivity contribution in [3.05, 3.63) is 60.0 Å². The smallest absolute Gasteiger partial charge is 0.223 e. The first-order chi connectivity index (χ1) is 12.2. The van der Waals surface area contributed by atoms with Crippen LogP contribution in [0.15, 0.2) is 52.2 Å². The largest absolute Gasteiger partial charge is 0.356 e. The first-order valence-corrected chi connectivity index (χ1v) is 8.07. The van der Waals surface area contributed by atoms with Gasteiger partial charge in [0, 0.05) is 32.9 Å². The van der Waals surface area contributed by atoms with E-state index in [1.54, 1.807) is 20.2 Å². The van der Waals surface area contributed by atoms with Crippen molar-refractivity contribution in [2.24, 2.45) is 4.99 Å². The Morgan fingerprint density at radius 2 is 2.08 bits per heavy atom. The highest BCUT2D eigenvalue weighted by Crippen LogP contribution is 2.08. The zero-order chi connectivity index (χ0) is 17.5. The van der Waals surface area contributed by atoms with Crippen LogP contribution < -0.4 is 10.6 Å². The molecule has 130 valence electrons. The normalized spacial score (nSPS) is 11.5. The van der Waals surface area contributed by atoms with Gasteiger partial charge in [-0.2, -0.15) is 10.1 Å². The van der Waals surface area contributed by atoms with Crippen molar-refractivity contribution < 1.29 is 4.52 Å². The number of guanidine groups is 1. The fraction of sp³-hybridized carbons (Fsp3) is 0.294. The third-order valence-electron chi connectivity index (χ3n) is 3.62. The molecule has 2 aromatic heterocycles. The van der Waals surface area contributed by atoms with Gasteiger partial charge in [0.25, 0.3) is 0 Å². The summed E-state index contributed by atoms with van der Waals surface area (Å²) >= 11 is 0. The maximum Gasteiger partial charge on any atom is 0.223 e. The van der Waals surface area contributed by atoms with Crippen LogP contribution in [0.3, 0.4) is 0 Å². The van der Waals surface area contributed by atoms with Crippen molar-refractivity contribution in [3.63, 3.8) is 0 Å².